The number of hydrogen-bond acceptors (Lipinski definition) is 1. The van der Waals surface area contributed by atoms with E-state index in [1.54, 1.807) is 0 Å². The number of hydrogen-bond donors (Lipinski definition) is 1. The van der Waals surface area contributed by atoms with Gasteiger partial charge in [0.25, 0.3) is 0 Å². The lowest BCUT2D eigenvalue weighted by atomic mass is 10.0. The topological polar surface area (TPSA) is 12.0 Å². The van der Waals surface area contributed by atoms with Gasteiger partial charge in [0.15, 0.2) is 0 Å². The van der Waals surface area contributed by atoms with Crippen LogP contribution in [-0.2, 0) is 6.42 Å². The molecular formula is C20H23N. The Morgan fingerprint density at radius 1 is 0.952 bits per heavy atom. The third kappa shape index (κ3) is 4.96. The van der Waals surface area contributed by atoms with Gasteiger partial charge in [0.05, 0.1) is 0 Å². The molecular weight excluding hydrogens is 254 g/mol. The first-order chi connectivity index (χ1) is 10.3. The van der Waals surface area contributed by atoms with Crippen molar-refractivity contribution >= 4 is 0 Å². The summed E-state index contributed by atoms with van der Waals surface area (Å²) in [7, 11) is 0. The van der Waals surface area contributed by atoms with Crippen molar-refractivity contribution in [3.05, 3.63) is 85.1 Å². The van der Waals surface area contributed by atoms with Gasteiger partial charge in [-0.3, -0.25) is 0 Å². The van der Waals surface area contributed by atoms with Crippen molar-refractivity contribution in [3.63, 3.8) is 0 Å². The molecule has 1 N–H and O–H groups in total. The summed E-state index contributed by atoms with van der Waals surface area (Å²) in [6.07, 6.45) is 4.89. The molecule has 0 fully saturated rings. The Morgan fingerprint density at radius 3 is 2.29 bits per heavy atom. The van der Waals surface area contributed by atoms with E-state index in [9.17, 15) is 0 Å². The van der Waals surface area contributed by atoms with Gasteiger partial charge >= 0.3 is 0 Å². The van der Waals surface area contributed by atoms with Crippen LogP contribution in [0.4, 0.5) is 0 Å². The standard InChI is InChI=1S/C20H23N/c1-3-4-8-17(2)21-16-15-18-11-13-20(14-12-18)19-9-6-5-7-10-19/h3,5-7,9-14,21H,1-2,4,8,15-16H2. The molecule has 2 aromatic rings. The minimum absolute atomic E-state index is 0.931. The van der Waals surface area contributed by atoms with Crippen LogP contribution in [0.3, 0.4) is 0 Å². The molecule has 0 amide bonds. The second kappa shape index (κ2) is 8.11. The second-order valence-electron chi connectivity index (χ2n) is 5.17. The lowest BCUT2D eigenvalue weighted by molar-refractivity contribution is 0.745. The fourth-order valence-electron chi connectivity index (χ4n) is 2.24. The minimum atomic E-state index is 0.931. The molecule has 21 heavy (non-hydrogen) atoms. The fraction of sp³-hybridized carbons (Fsp3) is 0.200. The molecule has 2 rings (SSSR count). The molecule has 0 saturated carbocycles. The molecule has 108 valence electrons. The zero-order chi connectivity index (χ0) is 14.9. The van der Waals surface area contributed by atoms with Crippen LogP contribution in [0.25, 0.3) is 11.1 Å². The van der Waals surface area contributed by atoms with Gasteiger partial charge in [0.2, 0.25) is 0 Å². The highest BCUT2D eigenvalue weighted by Gasteiger charge is 1.98. The molecule has 0 saturated heterocycles. The van der Waals surface area contributed by atoms with Crippen molar-refractivity contribution < 1.29 is 0 Å². The Kier molecular flexibility index (Phi) is 5.83. The molecule has 0 aromatic heterocycles. The second-order valence-corrected chi connectivity index (χ2v) is 5.17. The van der Waals surface area contributed by atoms with E-state index in [4.69, 9.17) is 0 Å². The Balaban J connectivity index is 1.83. The highest BCUT2D eigenvalue weighted by atomic mass is 14.9. The SMILES string of the molecule is C=CCCC(=C)NCCc1ccc(-c2ccccc2)cc1. The van der Waals surface area contributed by atoms with Gasteiger partial charge in [0, 0.05) is 12.2 Å². The van der Waals surface area contributed by atoms with E-state index >= 15 is 0 Å². The Labute approximate surface area is 128 Å². The molecule has 0 unspecified atom stereocenters. The van der Waals surface area contributed by atoms with E-state index in [0.29, 0.717) is 0 Å². The molecule has 0 aliphatic heterocycles. The van der Waals surface area contributed by atoms with Gasteiger partial charge in [-0.05, 0) is 36.0 Å². The summed E-state index contributed by atoms with van der Waals surface area (Å²) in [6.45, 7) is 8.67. The van der Waals surface area contributed by atoms with Crippen LogP contribution in [0, 0.1) is 0 Å². The van der Waals surface area contributed by atoms with Crippen LogP contribution >= 0.6 is 0 Å². The van der Waals surface area contributed by atoms with Crippen molar-refractivity contribution in [2.75, 3.05) is 6.54 Å². The van der Waals surface area contributed by atoms with E-state index in [1.807, 2.05) is 12.1 Å². The summed E-state index contributed by atoms with van der Waals surface area (Å²) < 4.78 is 0. The summed E-state index contributed by atoms with van der Waals surface area (Å²) >= 11 is 0. The molecule has 0 atom stereocenters. The Bertz CT molecular complexity index is 567. The van der Waals surface area contributed by atoms with E-state index in [2.05, 4.69) is 67.0 Å². The van der Waals surface area contributed by atoms with Crippen molar-refractivity contribution in [1.82, 2.24) is 5.32 Å². The maximum Gasteiger partial charge on any atom is 0.0184 e. The molecule has 0 spiro atoms. The van der Waals surface area contributed by atoms with Crippen molar-refractivity contribution in [1.29, 1.82) is 0 Å². The van der Waals surface area contributed by atoms with E-state index in [0.717, 1.165) is 31.5 Å². The molecule has 0 aliphatic rings. The third-order valence-corrected chi connectivity index (χ3v) is 3.50. The molecule has 2 aromatic carbocycles. The summed E-state index contributed by atoms with van der Waals surface area (Å²) in [4.78, 5) is 0. The number of benzene rings is 2. The smallest absolute Gasteiger partial charge is 0.0184 e. The van der Waals surface area contributed by atoms with Crippen LogP contribution in [0.5, 0.6) is 0 Å². The first-order valence-electron chi connectivity index (χ1n) is 7.46. The van der Waals surface area contributed by atoms with Gasteiger partial charge in [-0.25, -0.2) is 0 Å². The van der Waals surface area contributed by atoms with E-state index in [-0.39, 0.29) is 0 Å². The van der Waals surface area contributed by atoms with Crippen LogP contribution in [0.2, 0.25) is 0 Å². The third-order valence-electron chi connectivity index (χ3n) is 3.50. The predicted molar refractivity (Wildman–Crippen MR) is 92.2 cm³/mol. The van der Waals surface area contributed by atoms with E-state index < -0.39 is 0 Å². The Hall–Kier alpha value is -2.28. The summed E-state index contributed by atoms with van der Waals surface area (Å²) in [6, 6.07) is 19.3. The average molecular weight is 277 g/mol. The largest absolute Gasteiger partial charge is 0.388 e. The maximum atomic E-state index is 4.02. The predicted octanol–water partition coefficient (Wildman–Crippen LogP) is 4.97. The van der Waals surface area contributed by atoms with Crippen molar-refractivity contribution in [3.8, 4) is 11.1 Å². The van der Waals surface area contributed by atoms with Gasteiger partial charge in [-0.15, -0.1) is 6.58 Å². The Morgan fingerprint density at radius 2 is 1.62 bits per heavy atom. The minimum Gasteiger partial charge on any atom is -0.388 e. The normalized spacial score (nSPS) is 10.1. The monoisotopic (exact) mass is 277 g/mol. The zero-order valence-corrected chi connectivity index (χ0v) is 12.5. The summed E-state index contributed by atoms with van der Waals surface area (Å²) in [5.41, 5.74) is 4.97. The fourth-order valence-corrected chi connectivity index (χ4v) is 2.24. The van der Waals surface area contributed by atoms with Gasteiger partial charge in [-0.1, -0.05) is 67.3 Å². The van der Waals surface area contributed by atoms with Gasteiger partial charge < -0.3 is 5.32 Å². The zero-order valence-electron chi connectivity index (χ0n) is 12.5. The van der Waals surface area contributed by atoms with Crippen molar-refractivity contribution in [2.45, 2.75) is 19.3 Å². The quantitative estimate of drug-likeness (QED) is 0.672. The first-order valence-corrected chi connectivity index (χ1v) is 7.46. The average Bonchev–Trinajstić information content (AvgIpc) is 2.54. The van der Waals surface area contributed by atoms with Crippen molar-refractivity contribution in [2.24, 2.45) is 0 Å². The maximum absolute atomic E-state index is 4.02. The number of nitrogens with one attached hydrogen (secondary N) is 1. The van der Waals surface area contributed by atoms with Crippen LogP contribution in [0.15, 0.2) is 79.5 Å². The van der Waals surface area contributed by atoms with Gasteiger partial charge in [0.1, 0.15) is 0 Å². The van der Waals surface area contributed by atoms with Crippen LogP contribution in [0.1, 0.15) is 18.4 Å². The molecule has 0 heterocycles. The highest BCUT2D eigenvalue weighted by molar-refractivity contribution is 5.63. The summed E-state index contributed by atoms with van der Waals surface area (Å²) in [5, 5.41) is 3.37. The number of allylic oxidation sites excluding steroid dienone is 2. The molecule has 0 aliphatic carbocycles. The first kappa shape index (κ1) is 15.1. The molecule has 1 heteroatoms. The van der Waals surface area contributed by atoms with Gasteiger partial charge in [-0.2, -0.15) is 0 Å². The van der Waals surface area contributed by atoms with Crippen LogP contribution in [-0.4, -0.2) is 6.54 Å². The van der Waals surface area contributed by atoms with Crippen LogP contribution < -0.4 is 5.32 Å². The lowest BCUT2D eigenvalue weighted by Crippen LogP contribution is -2.15. The number of rotatable bonds is 8. The highest BCUT2D eigenvalue weighted by Crippen LogP contribution is 2.19. The lowest BCUT2D eigenvalue weighted by Gasteiger charge is -2.09. The summed E-state index contributed by atoms with van der Waals surface area (Å²) in [5.74, 6) is 0. The van der Waals surface area contributed by atoms with E-state index in [1.165, 1.54) is 16.7 Å². The molecule has 0 bridgehead atoms. The molecule has 0 radical (unpaired) electrons. The molecule has 1 nitrogen and oxygen atoms in total.